The quantitative estimate of drug-likeness (QED) is 0.480. The van der Waals surface area contributed by atoms with E-state index in [9.17, 15) is 18.8 Å². The molecule has 3 aliphatic rings. The summed E-state index contributed by atoms with van der Waals surface area (Å²) in [7, 11) is 1.28. The van der Waals surface area contributed by atoms with Gasteiger partial charge in [-0.05, 0) is 13.0 Å². The Labute approximate surface area is 232 Å². The first-order valence-corrected chi connectivity index (χ1v) is 13.5. The maximum atomic E-state index is 14.5. The van der Waals surface area contributed by atoms with Crippen molar-refractivity contribution in [3.63, 3.8) is 0 Å². The number of carbonyl (C=O) groups is 3. The molecule has 0 saturated carbocycles. The van der Waals surface area contributed by atoms with E-state index in [1.54, 1.807) is 24.6 Å². The molecule has 0 radical (unpaired) electrons. The predicted octanol–water partition coefficient (Wildman–Crippen LogP) is 2.10. The maximum Gasteiger partial charge on any atom is 0.338 e. The molecule has 39 heavy (non-hydrogen) atoms. The van der Waals surface area contributed by atoms with Crippen LogP contribution < -0.4 is 10.6 Å². The van der Waals surface area contributed by atoms with Crippen LogP contribution in [0.15, 0.2) is 46.0 Å². The summed E-state index contributed by atoms with van der Waals surface area (Å²) in [5, 5.41) is 8.17. The van der Waals surface area contributed by atoms with E-state index in [4.69, 9.17) is 26.1 Å². The summed E-state index contributed by atoms with van der Waals surface area (Å²) in [5.74, 6) is -1.42. The number of piperazine rings is 1. The number of methoxy groups -OCH3 is 1. The first-order valence-electron chi connectivity index (χ1n) is 12.2. The first kappa shape index (κ1) is 27.0. The van der Waals surface area contributed by atoms with Crippen molar-refractivity contribution in [3.05, 3.63) is 62.5 Å². The molecule has 2 unspecified atom stereocenters. The maximum absolute atomic E-state index is 14.5. The number of esters is 2. The number of halogens is 2. The molecule has 2 saturated heterocycles. The molecule has 11 nitrogen and oxygen atoms in total. The number of amidine groups is 1. The van der Waals surface area contributed by atoms with Crippen molar-refractivity contribution in [2.75, 3.05) is 46.4 Å². The molecule has 2 aromatic rings. The Morgan fingerprint density at radius 3 is 2.87 bits per heavy atom. The number of hydrogen-bond acceptors (Lipinski definition) is 10. The topological polar surface area (TPSA) is 125 Å². The van der Waals surface area contributed by atoms with E-state index < -0.39 is 29.3 Å². The van der Waals surface area contributed by atoms with Crippen molar-refractivity contribution in [2.24, 2.45) is 4.99 Å². The number of thiazole rings is 1. The summed E-state index contributed by atoms with van der Waals surface area (Å²) in [4.78, 5) is 51.2. The predicted molar refractivity (Wildman–Crippen MR) is 141 cm³/mol. The second kappa shape index (κ2) is 10.9. The lowest BCUT2D eigenvalue weighted by Gasteiger charge is -2.44. The summed E-state index contributed by atoms with van der Waals surface area (Å²) in [6.07, 6.45) is 1.63. The van der Waals surface area contributed by atoms with Gasteiger partial charge < -0.3 is 25.0 Å². The van der Waals surface area contributed by atoms with Gasteiger partial charge in [-0.3, -0.25) is 9.89 Å². The summed E-state index contributed by atoms with van der Waals surface area (Å²) < 4.78 is 25.0. The highest BCUT2D eigenvalue weighted by molar-refractivity contribution is 7.11. The lowest BCUT2D eigenvalue weighted by Crippen LogP contribution is -2.66. The molecule has 14 heteroatoms. The minimum atomic E-state index is -1.21. The molecule has 5 rings (SSSR count). The smallest absolute Gasteiger partial charge is 0.338 e. The Kier molecular flexibility index (Phi) is 7.56. The number of benzene rings is 1. The van der Waals surface area contributed by atoms with Gasteiger partial charge in [0, 0.05) is 49.0 Å². The van der Waals surface area contributed by atoms with E-state index in [-0.39, 0.29) is 49.4 Å². The van der Waals surface area contributed by atoms with E-state index in [0.717, 1.165) is 0 Å². The van der Waals surface area contributed by atoms with E-state index >= 15 is 0 Å². The summed E-state index contributed by atoms with van der Waals surface area (Å²) in [6, 6.07) is 3.04. The van der Waals surface area contributed by atoms with Crippen molar-refractivity contribution in [1.29, 1.82) is 0 Å². The third-order valence-electron chi connectivity index (χ3n) is 6.90. The Morgan fingerprint density at radius 1 is 1.33 bits per heavy atom. The average molecular weight is 577 g/mol. The fourth-order valence-electron chi connectivity index (χ4n) is 5.13. The highest BCUT2D eigenvalue weighted by Gasteiger charge is 2.55. The molecule has 0 bridgehead atoms. The van der Waals surface area contributed by atoms with Crippen molar-refractivity contribution in [2.45, 2.75) is 18.5 Å². The number of nitrogens with zero attached hydrogens (tertiary/aromatic N) is 4. The molecule has 2 N–H and O–H groups in total. The highest BCUT2D eigenvalue weighted by atomic mass is 35.5. The molecule has 3 aliphatic heterocycles. The molecule has 2 fully saturated rings. The Bertz CT molecular complexity index is 1370. The van der Waals surface area contributed by atoms with Gasteiger partial charge in [-0.1, -0.05) is 23.7 Å². The molecule has 1 aromatic heterocycles. The highest BCUT2D eigenvalue weighted by Crippen LogP contribution is 2.38. The number of rotatable bonds is 7. The van der Waals surface area contributed by atoms with E-state index in [1.165, 1.54) is 35.5 Å². The van der Waals surface area contributed by atoms with Crippen molar-refractivity contribution < 1.29 is 28.2 Å². The van der Waals surface area contributed by atoms with Gasteiger partial charge in [0.1, 0.15) is 11.9 Å². The molecule has 206 valence electrons. The fraction of sp³-hybridized carbons (Fsp3) is 0.400. The molecule has 2 amide bonds. The van der Waals surface area contributed by atoms with Gasteiger partial charge in [0.2, 0.25) is 0 Å². The van der Waals surface area contributed by atoms with Gasteiger partial charge in [0.05, 0.1) is 30.9 Å². The molecular weight excluding hydrogens is 551 g/mol. The van der Waals surface area contributed by atoms with Crippen LogP contribution in [0.1, 0.15) is 23.5 Å². The van der Waals surface area contributed by atoms with Gasteiger partial charge in [0.15, 0.2) is 16.4 Å². The van der Waals surface area contributed by atoms with Crippen LogP contribution in [0.2, 0.25) is 5.02 Å². The zero-order chi connectivity index (χ0) is 27.7. The fourth-order valence-corrected chi connectivity index (χ4v) is 5.94. The lowest BCUT2D eigenvalue weighted by atomic mass is 9.93. The van der Waals surface area contributed by atoms with Crippen molar-refractivity contribution in [3.8, 4) is 0 Å². The second-order valence-electron chi connectivity index (χ2n) is 9.14. The zero-order valence-electron chi connectivity index (χ0n) is 21.2. The molecule has 0 aliphatic carbocycles. The Balaban J connectivity index is 1.58. The number of amides is 2. The van der Waals surface area contributed by atoms with Gasteiger partial charge in [-0.25, -0.2) is 23.8 Å². The largest absolute Gasteiger partial charge is 0.467 e. The number of carbonyl (C=O) groups excluding carboxylic acids is 3. The van der Waals surface area contributed by atoms with Crippen LogP contribution in [0.5, 0.6) is 0 Å². The third-order valence-corrected chi connectivity index (χ3v) is 8.08. The molecule has 4 heterocycles. The third kappa shape index (κ3) is 4.85. The minimum absolute atomic E-state index is 0.0968. The average Bonchev–Trinajstić information content (AvgIpc) is 3.58. The van der Waals surface area contributed by atoms with Crippen LogP contribution in [0, 0.1) is 5.82 Å². The minimum Gasteiger partial charge on any atom is -0.467 e. The van der Waals surface area contributed by atoms with Gasteiger partial charge in [-0.15, -0.1) is 11.3 Å². The van der Waals surface area contributed by atoms with Crippen LogP contribution in [0.4, 0.5) is 9.18 Å². The van der Waals surface area contributed by atoms with Crippen LogP contribution in [-0.2, 0) is 19.1 Å². The van der Waals surface area contributed by atoms with Crippen LogP contribution in [0.25, 0.3) is 0 Å². The molecule has 1 aromatic carbocycles. The van der Waals surface area contributed by atoms with Crippen LogP contribution >= 0.6 is 22.9 Å². The normalized spacial score (nSPS) is 23.1. The summed E-state index contributed by atoms with van der Waals surface area (Å²) in [6.45, 7) is 2.92. The number of nitrogens with one attached hydrogen (secondary N) is 2. The zero-order valence-corrected chi connectivity index (χ0v) is 22.8. The number of aromatic nitrogens is 1. The van der Waals surface area contributed by atoms with Gasteiger partial charge in [-0.2, -0.15) is 0 Å². The number of hydrogen-bond donors (Lipinski definition) is 2. The molecule has 2 atom stereocenters. The van der Waals surface area contributed by atoms with Crippen molar-refractivity contribution in [1.82, 2.24) is 25.4 Å². The SMILES string of the molecule is CCOC(=O)C1=C(CN2CCN3C(=O)NCC3(C(=O)OC)C2)NC(c2nccs2)=NC1c1cccc(F)c1Cl. The Morgan fingerprint density at radius 2 is 2.15 bits per heavy atom. The van der Waals surface area contributed by atoms with E-state index in [1.807, 2.05) is 4.90 Å². The molecule has 0 spiro atoms. The number of fused-ring (bicyclic) bond motifs is 1. The summed E-state index contributed by atoms with van der Waals surface area (Å²) >= 11 is 7.71. The first-order chi connectivity index (χ1) is 18.8. The van der Waals surface area contributed by atoms with Crippen molar-refractivity contribution >= 4 is 46.7 Å². The van der Waals surface area contributed by atoms with E-state index in [2.05, 4.69) is 15.6 Å². The number of urea groups is 1. The van der Waals surface area contributed by atoms with Crippen LogP contribution in [-0.4, -0.2) is 90.6 Å². The number of aliphatic imine (C=N–C) groups is 1. The Hall–Kier alpha value is -3.55. The lowest BCUT2D eigenvalue weighted by molar-refractivity contribution is -0.155. The van der Waals surface area contributed by atoms with Gasteiger partial charge >= 0.3 is 18.0 Å². The summed E-state index contributed by atoms with van der Waals surface area (Å²) in [5.41, 5.74) is -0.292. The number of ether oxygens (including phenoxy) is 2. The van der Waals surface area contributed by atoms with Gasteiger partial charge in [0.25, 0.3) is 0 Å². The van der Waals surface area contributed by atoms with Crippen LogP contribution in [0.3, 0.4) is 0 Å². The standard InChI is InChI=1S/C25H26ClFN6O5S/c1-3-38-22(34)17-16(11-32-8-9-33-24(36)29-12-25(33,13-32)23(35)37-2)30-20(21-28-7-10-39-21)31-19(17)14-5-4-6-15(27)18(14)26/h4-7,10,19H,3,8-9,11-13H2,1-2H3,(H,29,36)(H,30,31). The monoisotopic (exact) mass is 576 g/mol. The second-order valence-corrected chi connectivity index (χ2v) is 10.4. The molecular formula is C25H26ClFN6O5S. The van der Waals surface area contributed by atoms with E-state index in [0.29, 0.717) is 28.6 Å².